The maximum atomic E-state index is 13.0. The molecule has 1 fully saturated rings. The van der Waals surface area contributed by atoms with Crippen molar-refractivity contribution < 1.29 is 4.39 Å². The van der Waals surface area contributed by atoms with Gasteiger partial charge in [-0.1, -0.05) is 19.1 Å². The van der Waals surface area contributed by atoms with Crippen molar-refractivity contribution >= 4 is 5.96 Å². The monoisotopic (exact) mass is 334 g/mol. The summed E-state index contributed by atoms with van der Waals surface area (Å²) in [6.07, 6.45) is 2.54. The molecule has 0 aliphatic carbocycles. The van der Waals surface area contributed by atoms with Crippen LogP contribution in [-0.4, -0.2) is 55.5 Å². The second-order valence-electron chi connectivity index (χ2n) is 6.58. The van der Waals surface area contributed by atoms with Crippen LogP contribution in [0.4, 0.5) is 4.39 Å². The third kappa shape index (κ3) is 5.78. The van der Waals surface area contributed by atoms with E-state index in [2.05, 4.69) is 29.0 Å². The number of aliphatic imine (C=N–C) groups is 1. The van der Waals surface area contributed by atoms with E-state index >= 15 is 0 Å². The molecule has 5 heteroatoms. The standard InChI is InChI=1S/C19H31FN4/c1-4-21-19(22-13-17-7-6-12-24(5-2)15-17)23(3)14-16-8-10-18(20)11-9-16/h8-11,17H,4-7,12-15H2,1-3H3,(H,21,22). The van der Waals surface area contributed by atoms with Gasteiger partial charge in [0.2, 0.25) is 0 Å². The Morgan fingerprint density at radius 2 is 2.08 bits per heavy atom. The third-order valence-corrected chi connectivity index (χ3v) is 4.58. The minimum Gasteiger partial charge on any atom is -0.357 e. The summed E-state index contributed by atoms with van der Waals surface area (Å²) in [5.41, 5.74) is 1.08. The molecule has 0 radical (unpaired) electrons. The van der Waals surface area contributed by atoms with Gasteiger partial charge in [0.1, 0.15) is 5.82 Å². The van der Waals surface area contributed by atoms with Gasteiger partial charge < -0.3 is 15.1 Å². The van der Waals surface area contributed by atoms with Crippen molar-refractivity contribution in [3.05, 3.63) is 35.6 Å². The molecule has 1 aliphatic heterocycles. The fourth-order valence-corrected chi connectivity index (χ4v) is 3.21. The van der Waals surface area contributed by atoms with Crippen LogP contribution in [0.3, 0.4) is 0 Å². The number of nitrogens with zero attached hydrogens (tertiary/aromatic N) is 3. The summed E-state index contributed by atoms with van der Waals surface area (Å²) in [4.78, 5) is 9.47. The van der Waals surface area contributed by atoms with Crippen molar-refractivity contribution in [2.24, 2.45) is 10.9 Å². The number of nitrogens with one attached hydrogen (secondary N) is 1. The number of guanidine groups is 1. The SMILES string of the molecule is CCNC(=NCC1CCCN(CC)C1)N(C)Cc1ccc(F)cc1. The molecule has 0 bridgehead atoms. The molecule has 0 spiro atoms. The summed E-state index contributed by atoms with van der Waals surface area (Å²) >= 11 is 0. The topological polar surface area (TPSA) is 30.9 Å². The van der Waals surface area contributed by atoms with Gasteiger partial charge in [-0.15, -0.1) is 0 Å². The van der Waals surface area contributed by atoms with Gasteiger partial charge in [-0.05, 0) is 56.5 Å². The molecule has 134 valence electrons. The Balaban J connectivity index is 1.94. The Morgan fingerprint density at radius 1 is 1.33 bits per heavy atom. The molecule has 1 aromatic rings. The summed E-state index contributed by atoms with van der Waals surface area (Å²) in [7, 11) is 2.03. The lowest BCUT2D eigenvalue weighted by atomic mass is 9.98. The molecule has 24 heavy (non-hydrogen) atoms. The van der Waals surface area contributed by atoms with Crippen LogP contribution >= 0.6 is 0 Å². The number of rotatable bonds is 6. The van der Waals surface area contributed by atoms with Crippen LogP contribution in [-0.2, 0) is 6.54 Å². The fraction of sp³-hybridized carbons (Fsp3) is 0.632. The molecule has 1 aromatic carbocycles. The van der Waals surface area contributed by atoms with Gasteiger partial charge in [-0.2, -0.15) is 0 Å². The molecule has 1 unspecified atom stereocenters. The number of hydrogen-bond acceptors (Lipinski definition) is 2. The van der Waals surface area contributed by atoms with E-state index < -0.39 is 0 Å². The molecule has 1 heterocycles. The van der Waals surface area contributed by atoms with Gasteiger partial charge in [0.25, 0.3) is 0 Å². The molecule has 1 N–H and O–H groups in total. The highest BCUT2D eigenvalue weighted by molar-refractivity contribution is 5.79. The van der Waals surface area contributed by atoms with Crippen LogP contribution in [0.5, 0.6) is 0 Å². The number of halogens is 1. The van der Waals surface area contributed by atoms with Crippen molar-refractivity contribution in [3.63, 3.8) is 0 Å². The van der Waals surface area contributed by atoms with Gasteiger partial charge in [0, 0.05) is 33.2 Å². The molecule has 0 aromatic heterocycles. The van der Waals surface area contributed by atoms with Gasteiger partial charge >= 0.3 is 0 Å². The lowest BCUT2D eigenvalue weighted by Crippen LogP contribution is -2.40. The summed E-state index contributed by atoms with van der Waals surface area (Å²) in [6.45, 7) is 10.3. The van der Waals surface area contributed by atoms with E-state index in [-0.39, 0.29) is 5.82 Å². The normalized spacial score (nSPS) is 19.3. The van der Waals surface area contributed by atoms with Gasteiger partial charge in [-0.3, -0.25) is 4.99 Å². The Labute approximate surface area is 145 Å². The zero-order chi connectivity index (χ0) is 17.4. The van der Waals surface area contributed by atoms with Crippen molar-refractivity contribution in [1.29, 1.82) is 0 Å². The van der Waals surface area contributed by atoms with Crippen LogP contribution in [0.25, 0.3) is 0 Å². The van der Waals surface area contributed by atoms with Crippen LogP contribution < -0.4 is 5.32 Å². The average molecular weight is 334 g/mol. The fourth-order valence-electron chi connectivity index (χ4n) is 3.21. The van der Waals surface area contributed by atoms with Gasteiger partial charge in [0.15, 0.2) is 5.96 Å². The van der Waals surface area contributed by atoms with E-state index in [4.69, 9.17) is 4.99 Å². The van der Waals surface area contributed by atoms with Crippen molar-refractivity contribution in [3.8, 4) is 0 Å². The highest BCUT2D eigenvalue weighted by Gasteiger charge is 2.18. The Bertz CT molecular complexity index is 515. The van der Waals surface area contributed by atoms with Crippen LogP contribution in [0, 0.1) is 11.7 Å². The highest BCUT2D eigenvalue weighted by Crippen LogP contribution is 2.16. The zero-order valence-electron chi connectivity index (χ0n) is 15.3. The molecule has 4 nitrogen and oxygen atoms in total. The molecule has 1 atom stereocenters. The summed E-state index contributed by atoms with van der Waals surface area (Å²) in [6, 6.07) is 6.68. The molecule has 1 saturated heterocycles. The van der Waals surface area contributed by atoms with E-state index in [0.717, 1.165) is 44.2 Å². The van der Waals surface area contributed by atoms with E-state index in [0.29, 0.717) is 5.92 Å². The van der Waals surface area contributed by atoms with Gasteiger partial charge in [0.05, 0.1) is 0 Å². The molecule has 0 amide bonds. The maximum Gasteiger partial charge on any atom is 0.193 e. The minimum atomic E-state index is -0.195. The molecular formula is C19H31FN4. The van der Waals surface area contributed by atoms with Crippen molar-refractivity contribution in [1.82, 2.24) is 15.1 Å². The molecule has 1 aliphatic rings. The first-order valence-corrected chi connectivity index (χ1v) is 9.08. The minimum absolute atomic E-state index is 0.195. The van der Waals surface area contributed by atoms with Crippen LogP contribution in [0.15, 0.2) is 29.3 Å². The second-order valence-corrected chi connectivity index (χ2v) is 6.58. The van der Waals surface area contributed by atoms with E-state index in [9.17, 15) is 4.39 Å². The maximum absolute atomic E-state index is 13.0. The van der Waals surface area contributed by atoms with Crippen LogP contribution in [0.1, 0.15) is 32.3 Å². The first-order chi connectivity index (χ1) is 11.6. The first kappa shape index (κ1) is 18.7. The van der Waals surface area contributed by atoms with E-state index in [1.54, 1.807) is 0 Å². The summed E-state index contributed by atoms with van der Waals surface area (Å²) < 4.78 is 13.0. The quantitative estimate of drug-likeness (QED) is 0.641. The van der Waals surface area contributed by atoms with Crippen molar-refractivity contribution in [2.75, 3.05) is 39.8 Å². The third-order valence-electron chi connectivity index (χ3n) is 4.58. The Morgan fingerprint density at radius 3 is 2.75 bits per heavy atom. The lowest BCUT2D eigenvalue weighted by molar-refractivity contribution is 0.186. The number of piperidine rings is 1. The lowest BCUT2D eigenvalue weighted by Gasteiger charge is -2.31. The Kier molecular flexibility index (Phi) is 7.50. The van der Waals surface area contributed by atoms with E-state index in [1.807, 2.05) is 19.2 Å². The largest absolute Gasteiger partial charge is 0.357 e. The predicted octanol–water partition coefficient (Wildman–Crippen LogP) is 2.95. The summed E-state index contributed by atoms with van der Waals surface area (Å²) in [5, 5.41) is 3.37. The molecule has 2 rings (SSSR count). The number of benzene rings is 1. The second kappa shape index (κ2) is 9.62. The van der Waals surface area contributed by atoms with Gasteiger partial charge in [-0.25, -0.2) is 4.39 Å². The molecule has 0 saturated carbocycles. The smallest absolute Gasteiger partial charge is 0.193 e. The summed E-state index contributed by atoms with van der Waals surface area (Å²) in [5.74, 6) is 1.38. The first-order valence-electron chi connectivity index (χ1n) is 9.08. The zero-order valence-corrected chi connectivity index (χ0v) is 15.3. The number of likely N-dealkylation sites (tertiary alicyclic amines) is 1. The van der Waals surface area contributed by atoms with E-state index in [1.165, 1.54) is 31.5 Å². The average Bonchev–Trinajstić information content (AvgIpc) is 2.60. The molecular weight excluding hydrogens is 303 g/mol. The van der Waals surface area contributed by atoms with Crippen LogP contribution in [0.2, 0.25) is 0 Å². The Hall–Kier alpha value is -1.62. The predicted molar refractivity (Wildman–Crippen MR) is 98.7 cm³/mol. The van der Waals surface area contributed by atoms with Crippen molar-refractivity contribution in [2.45, 2.75) is 33.2 Å². The number of hydrogen-bond donors (Lipinski definition) is 1. The highest BCUT2D eigenvalue weighted by atomic mass is 19.1.